The summed E-state index contributed by atoms with van der Waals surface area (Å²) in [5.41, 5.74) is 2.15. The first-order valence-corrected chi connectivity index (χ1v) is 6.81. The Bertz CT molecular complexity index is 723. The molecule has 0 saturated heterocycles. The van der Waals surface area contributed by atoms with Gasteiger partial charge in [-0.05, 0) is 48.2 Å². The van der Waals surface area contributed by atoms with Crippen molar-refractivity contribution in [3.8, 4) is 0 Å². The summed E-state index contributed by atoms with van der Waals surface area (Å²) in [6.07, 6.45) is 1.33. The van der Waals surface area contributed by atoms with Crippen LogP contribution in [0, 0.1) is 0 Å². The maximum absolute atomic E-state index is 10.7. The Balaban J connectivity index is 0.000000185. The van der Waals surface area contributed by atoms with Crippen molar-refractivity contribution in [2.24, 2.45) is 0 Å². The first-order valence-electron chi connectivity index (χ1n) is 6.81. The van der Waals surface area contributed by atoms with Crippen molar-refractivity contribution >= 4 is 17.9 Å². The Hall–Kier alpha value is -3.15. The van der Waals surface area contributed by atoms with Gasteiger partial charge in [-0.15, -0.1) is 0 Å². The minimum atomic E-state index is -0.988. The first kappa shape index (κ1) is 16.2. The standard InChI is InChI=1S/C10H8O4.C7H6O2/c11-9(12)7-3-4-8(10(13)14)6-2-1-5(6)7;8-7(9)6-4-2-1-3-5-6/h3-4H,1-2H2,(H,11,12)(H,13,14);1-5H,(H,8,9). The zero-order valence-electron chi connectivity index (χ0n) is 12.0. The van der Waals surface area contributed by atoms with E-state index in [1.54, 1.807) is 30.3 Å². The van der Waals surface area contributed by atoms with Crippen LogP contribution in [-0.4, -0.2) is 33.2 Å². The average Bonchev–Trinajstić information content (AvgIpc) is 2.48. The van der Waals surface area contributed by atoms with Crippen molar-refractivity contribution in [2.75, 3.05) is 0 Å². The molecule has 1 aliphatic rings. The van der Waals surface area contributed by atoms with Gasteiger partial charge in [-0.1, -0.05) is 18.2 Å². The lowest BCUT2D eigenvalue weighted by Gasteiger charge is -2.22. The van der Waals surface area contributed by atoms with Gasteiger partial charge in [0, 0.05) is 0 Å². The molecule has 1 aliphatic carbocycles. The molecule has 2 aromatic rings. The molecule has 0 atom stereocenters. The summed E-state index contributed by atoms with van der Waals surface area (Å²) < 4.78 is 0. The molecule has 0 unspecified atom stereocenters. The van der Waals surface area contributed by atoms with E-state index in [1.165, 1.54) is 12.1 Å². The number of hydrogen-bond acceptors (Lipinski definition) is 3. The minimum absolute atomic E-state index is 0.233. The Kier molecular flexibility index (Phi) is 4.75. The second-order valence-electron chi connectivity index (χ2n) is 4.90. The van der Waals surface area contributed by atoms with Crippen molar-refractivity contribution in [2.45, 2.75) is 12.8 Å². The van der Waals surface area contributed by atoms with Gasteiger partial charge in [0.2, 0.25) is 0 Å². The highest BCUT2D eigenvalue weighted by atomic mass is 16.4. The van der Waals surface area contributed by atoms with Crippen LogP contribution in [0.2, 0.25) is 0 Å². The smallest absolute Gasteiger partial charge is 0.335 e. The second kappa shape index (κ2) is 6.74. The number of aromatic carboxylic acids is 3. The van der Waals surface area contributed by atoms with Crippen LogP contribution in [0.25, 0.3) is 0 Å². The van der Waals surface area contributed by atoms with Crippen LogP contribution < -0.4 is 0 Å². The summed E-state index contributed by atoms with van der Waals surface area (Å²) >= 11 is 0. The van der Waals surface area contributed by atoms with Crippen LogP contribution in [0.3, 0.4) is 0 Å². The predicted molar refractivity (Wildman–Crippen MR) is 81.2 cm³/mol. The number of fused-ring (bicyclic) bond motifs is 1. The van der Waals surface area contributed by atoms with E-state index in [4.69, 9.17) is 15.3 Å². The summed E-state index contributed by atoms with van der Waals surface area (Å²) in [6.45, 7) is 0. The highest BCUT2D eigenvalue weighted by molar-refractivity contribution is 5.96. The van der Waals surface area contributed by atoms with Gasteiger partial charge >= 0.3 is 17.9 Å². The number of hydrogen-bond donors (Lipinski definition) is 3. The fourth-order valence-corrected chi connectivity index (χ4v) is 2.32. The fraction of sp³-hybridized carbons (Fsp3) is 0.118. The Morgan fingerprint density at radius 3 is 1.35 bits per heavy atom. The van der Waals surface area contributed by atoms with Gasteiger partial charge in [0.1, 0.15) is 0 Å². The van der Waals surface area contributed by atoms with Crippen molar-refractivity contribution < 1.29 is 29.7 Å². The molecule has 0 aliphatic heterocycles. The molecule has 3 N–H and O–H groups in total. The maximum atomic E-state index is 10.7. The molecule has 6 heteroatoms. The molecular formula is C17H14O6. The number of rotatable bonds is 3. The first-order chi connectivity index (χ1) is 10.9. The van der Waals surface area contributed by atoms with Crippen molar-refractivity contribution in [3.63, 3.8) is 0 Å². The number of carboxylic acids is 3. The molecule has 2 aromatic carbocycles. The Morgan fingerprint density at radius 1 is 0.652 bits per heavy atom. The van der Waals surface area contributed by atoms with Crippen LogP contribution >= 0.6 is 0 Å². The maximum Gasteiger partial charge on any atom is 0.335 e. The molecule has 0 heterocycles. The van der Waals surface area contributed by atoms with Crippen LogP contribution in [0.1, 0.15) is 42.2 Å². The molecule has 0 saturated carbocycles. The minimum Gasteiger partial charge on any atom is -0.478 e. The van der Waals surface area contributed by atoms with Crippen LogP contribution in [-0.2, 0) is 12.8 Å². The van der Waals surface area contributed by atoms with E-state index in [1.807, 2.05) is 0 Å². The van der Waals surface area contributed by atoms with Gasteiger partial charge in [0.15, 0.2) is 0 Å². The summed E-state index contributed by atoms with van der Waals surface area (Å²) in [5, 5.41) is 26.0. The molecular weight excluding hydrogens is 300 g/mol. The zero-order valence-corrected chi connectivity index (χ0v) is 12.0. The highest BCUT2D eigenvalue weighted by Crippen LogP contribution is 2.30. The van der Waals surface area contributed by atoms with E-state index in [-0.39, 0.29) is 11.1 Å². The van der Waals surface area contributed by atoms with Crippen molar-refractivity contribution in [3.05, 3.63) is 70.3 Å². The number of carboxylic acid groups (broad SMARTS) is 3. The molecule has 118 valence electrons. The second-order valence-corrected chi connectivity index (χ2v) is 4.90. The molecule has 0 fully saturated rings. The lowest BCUT2D eigenvalue weighted by atomic mass is 9.81. The average molecular weight is 314 g/mol. The number of carbonyl (C=O) groups is 3. The third kappa shape index (κ3) is 3.55. The molecule has 0 spiro atoms. The zero-order chi connectivity index (χ0) is 17.0. The van der Waals surface area contributed by atoms with E-state index < -0.39 is 17.9 Å². The Morgan fingerprint density at radius 2 is 1.09 bits per heavy atom. The van der Waals surface area contributed by atoms with Gasteiger partial charge in [0.05, 0.1) is 16.7 Å². The third-order valence-electron chi connectivity index (χ3n) is 3.54. The monoisotopic (exact) mass is 314 g/mol. The lowest BCUT2D eigenvalue weighted by Crippen LogP contribution is -2.19. The van der Waals surface area contributed by atoms with E-state index in [0.717, 1.165) is 0 Å². The van der Waals surface area contributed by atoms with Crippen molar-refractivity contribution in [1.82, 2.24) is 0 Å². The predicted octanol–water partition coefficient (Wildman–Crippen LogP) is 2.57. The molecule has 6 nitrogen and oxygen atoms in total. The molecule has 23 heavy (non-hydrogen) atoms. The van der Waals surface area contributed by atoms with Crippen LogP contribution in [0.4, 0.5) is 0 Å². The Labute approximate surface area is 131 Å². The summed E-state index contributed by atoms with van der Waals surface area (Å²) in [7, 11) is 0. The quantitative estimate of drug-likeness (QED) is 0.802. The molecule has 0 amide bonds. The van der Waals surface area contributed by atoms with E-state index in [0.29, 0.717) is 29.5 Å². The fourth-order valence-electron chi connectivity index (χ4n) is 2.32. The van der Waals surface area contributed by atoms with Gasteiger partial charge in [-0.3, -0.25) is 0 Å². The number of benzene rings is 2. The summed E-state index contributed by atoms with van der Waals surface area (Å²) in [6, 6.07) is 11.0. The molecule has 0 radical (unpaired) electrons. The summed E-state index contributed by atoms with van der Waals surface area (Å²) in [4.78, 5) is 31.7. The largest absolute Gasteiger partial charge is 0.478 e. The van der Waals surface area contributed by atoms with Crippen LogP contribution in [0.15, 0.2) is 42.5 Å². The van der Waals surface area contributed by atoms with E-state index in [2.05, 4.69) is 0 Å². The van der Waals surface area contributed by atoms with Gasteiger partial charge in [-0.2, -0.15) is 0 Å². The summed E-state index contributed by atoms with van der Waals surface area (Å²) in [5.74, 6) is -2.86. The van der Waals surface area contributed by atoms with Gasteiger partial charge in [0.25, 0.3) is 0 Å². The normalized spacial score (nSPS) is 11.3. The SMILES string of the molecule is O=C(O)c1ccc(C(=O)O)c2c1CC2.O=C(O)c1ccccc1. The van der Waals surface area contributed by atoms with E-state index >= 15 is 0 Å². The molecule has 0 bridgehead atoms. The molecule has 3 rings (SSSR count). The molecule has 0 aromatic heterocycles. The van der Waals surface area contributed by atoms with Crippen LogP contribution in [0.5, 0.6) is 0 Å². The topological polar surface area (TPSA) is 112 Å². The van der Waals surface area contributed by atoms with Gasteiger partial charge < -0.3 is 15.3 Å². The third-order valence-corrected chi connectivity index (χ3v) is 3.54. The lowest BCUT2D eigenvalue weighted by molar-refractivity contribution is 0.0677. The van der Waals surface area contributed by atoms with Crippen molar-refractivity contribution in [1.29, 1.82) is 0 Å². The van der Waals surface area contributed by atoms with Gasteiger partial charge in [-0.25, -0.2) is 14.4 Å². The van der Waals surface area contributed by atoms with E-state index in [9.17, 15) is 14.4 Å². The highest BCUT2D eigenvalue weighted by Gasteiger charge is 2.26.